The van der Waals surface area contributed by atoms with E-state index in [1.165, 1.54) is 31.3 Å². The van der Waals surface area contributed by atoms with Crippen molar-refractivity contribution in [2.75, 3.05) is 12.3 Å². The standard InChI is InChI=1S/C17H19F2N3O5/c1-10(22-8-7-13(20)21-17(22)25)26-12(9-23)14(15(18)19)27-16(24)11-5-3-2-4-6-11/h2-8,10,12,14-15,23H,9H2,1H3,(H2,20,21,25)/t10?,12-,14?/m1/s1. The van der Waals surface area contributed by atoms with Crippen LogP contribution in [0.1, 0.15) is 23.5 Å². The molecular formula is C17H19F2N3O5. The molecule has 10 heteroatoms. The summed E-state index contributed by atoms with van der Waals surface area (Å²) in [4.78, 5) is 27.4. The number of nitrogens with two attached hydrogens (primary N) is 1. The maximum atomic E-state index is 13.4. The zero-order valence-corrected chi connectivity index (χ0v) is 14.4. The molecule has 0 saturated carbocycles. The zero-order valence-electron chi connectivity index (χ0n) is 14.4. The highest BCUT2D eigenvalue weighted by Crippen LogP contribution is 2.19. The minimum Gasteiger partial charge on any atom is -0.450 e. The molecule has 27 heavy (non-hydrogen) atoms. The lowest BCUT2D eigenvalue weighted by Crippen LogP contribution is -2.43. The van der Waals surface area contributed by atoms with Gasteiger partial charge in [0.2, 0.25) is 0 Å². The smallest absolute Gasteiger partial charge is 0.351 e. The quantitative estimate of drug-likeness (QED) is 0.658. The monoisotopic (exact) mass is 383 g/mol. The van der Waals surface area contributed by atoms with Crippen molar-refractivity contribution < 1.29 is 28.2 Å². The van der Waals surface area contributed by atoms with Gasteiger partial charge >= 0.3 is 11.7 Å². The summed E-state index contributed by atoms with van der Waals surface area (Å²) in [5.74, 6) is -0.994. The molecule has 0 aliphatic rings. The zero-order chi connectivity index (χ0) is 20.0. The fourth-order valence-electron chi connectivity index (χ4n) is 2.30. The van der Waals surface area contributed by atoms with Gasteiger partial charge in [-0.15, -0.1) is 0 Å². The van der Waals surface area contributed by atoms with E-state index in [-0.39, 0.29) is 11.4 Å². The van der Waals surface area contributed by atoms with Crippen LogP contribution >= 0.6 is 0 Å². The highest BCUT2D eigenvalue weighted by atomic mass is 19.3. The minimum atomic E-state index is -3.12. The Balaban J connectivity index is 2.15. The third-order valence-corrected chi connectivity index (χ3v) is 3.66. The van der Waals surface area contributed by atoms with Gasteiger partial charge in [0.05, 0.1) is 12.2 Å². The number of rotatable bonds is 8. The van der Waals surface area contributed by atoms with Crippen LogP contribution in [0, 0.1) is 0 Å². The van der Waals surface area contributed by atoms with Crippen molar-refractivity contribution in [1.29, 1.82) is 0 Å². The molecule has 8 nitrogen and oxygen atoms in total. The average molecular weight is 383 g/mol. The van der Waals surface area contributed by atoms with Gasteiger partial charge in [-0.25, -0.2) is 18.4 Å². The highest BCUT2D eigenvalue weighted by Gasteiger charge is 2.35. The van der Waals surface area contributed by atoms with E-state index in [4.69, 9.17) is 15.2 Å². The molecule has 0 aliphatic heterocycles. The van der Waals surface area contributed by atoms with E-state index >= 15 is 0 Å². The van der Waals surface area contributed by atoms with Crippen LogP contribution in [0.5, 0.6) is 0 Å². The van der Waals surface area contributed by atoms with Crippen LogP contribution in [0.3, 0.4) is 0 Å². The number of aliphatic hydroxyl groups is 1. The first-order valence-electron chi connectivity index (χ1n) is 7.98. The topological polar surface area (TPSA) is 117 Å². The Hall–Kier alpha value is -2.85. The Kier molecular flexibility index (Phi) is 6.97. The Morgan fingerprint density at radius 3 is 2.52 bits per heavy atom. The predicted octanol–water partition coefficient (Wildman–Crippen LogP) is 1.21. The van der Waals surface area contributed by atoms with Crippen LogP contribution < -0.4 is 11.4 Å². The van der Waals surface area contributed by atoms with Crippen molar-refractivity contribution in [2.45, 2.75) is 31.8 Å². The maximum absolute atomic E-state index is 13.4. The van der Waals surface area contributed by atoms with E-state index in [1.54, 1.807) is 18.2 Å². The lowest BCUT2D eigenvalue weighted by molar-refractivity contribution is -0.156. The van der Waals surface area contributed by atoms with Crippen LogP contribution in [-0.4, -0.2) is 45.9 Å². The molecule has 0 amide bonds. The summed E-state index contributed by atoms with van der Waals surface area (Å²) < 4.78 is 38.0. The highest BCUT2D eigenvalue weighted by molar-refractivity contribution is 5.89. The molecule has 1 aromatic heterocycles. The van der Waals surface area contributed by atoms with Gasteiger partial charge < -0.3 is 20.3 Å². The number of carbonyl (C=O) groups is 1. The largest absolute Gasteiger partial charge is 0.450 e. The van der Waals surface area contributed by atoms with Crippen molar-refractivity contribution >= 4 is 11.8 Å². The molecule has 0 aliphatic carbocycles. The number of aliphatic hydroxyl groups excluding tert-OH is 1. The number of carbonyl (C=O) groups excluding carboxylic acids is 1. The Bertz CT molecular complexity index is 816. The van der Waals surface area contributed by atoms with Crippen LogP contribution in [-0.2, 0) is 9.47 Å². The van der Waals surface area contributed by atoms with Gasteiger partial charge in [-0.1, -0.05) is 18.2 Å². The average Bonchev–Trinajstić information content (AvgIpc) is 2.64. The molecule has 2 aromatic rings. The molecule has 1 aromatic carbocycles. The summed E-state index contributed by atoms with van der Waals surface area (Å²) in [5, 5.41) is 9.47. The number of halogens is 2. The number of hydrogen-bond acceptors (Lipinski definition) is 7. The number of nitrogen functional groups attached to an aromatic ring is 1. The van der Waals surface area contributed by atoms with Gasteiger partial charge in [0, 0.05) is 6.20 Å². The molecule has 2 rings (SSSR count). The van der Waals surface area contributed by atoms with E-state index < -0.39 is 43.1 Å². The van der Waals surface area contributed by atoms with Gasteiger partial charge in [0.25, 0.3) is 6.43 Å². The van der Waals surface area contributed by atoms with Gasteiger partial charge in [0.15, 0.2) is 6.10 Å². The molecule has 0 radical (unpaired) electrons. The Morgan fingerprint density at radius 2 is 1.96 bits per heavy atom. The molecule has 3 atom stereocenters. The van der Waals surface area contributed by atoms with Crippen LogP contribution in [0.4, 0.5) is 14.6 Å². The molecule has 146 valence electrons. The second-order valence-corrected chi connectivity index (χ2v) is 5.57. The number of esters is 1. The summed E-state index contributed by atoms with van der Waals surface area (Å²) in [7, 11) is 0. The van der Waals surface area contributed by atoms with E-state index in [0.717, 1.165) is 4.57 Å². The van der Waals surface area contributed by atoms with E-state index in [9.17, 15) is 23.5 Å². The predicted molar refractivity (Wildman–Crippen MR) is 91.2 cm³/mol. The number of anilines is 1. The van der Waals surface area contributed by atoms with Crippen molar-refractivity contribution in [2.24, 2.45) is 0 Å². The van der Waals surface area contributed by atoms with Gasteiger partial charge in [0.1, 0.15) is 18.1 Å². The summed E-state index contributed by atoms with van der Waals surface area (Å²) in [6.07, 6.45) is -6.53. The van der Waals surface area contributed by atoms with Crippen molar-refractivity contribution in [3.05, 3.63) is 58.6 Å². The third kappa shape index (κ3) is 5.31. The number of benzene rings is 1. The van der Waals surface area contributed by atoms with Gasteiger partial charge in [-0.2, -0.15) is 4.98 Å². The molecular weight excluding hydrogens is 364 g/mol. The second-order valence-electron chi connectivity index (χ2n) is 5.57. The molecule has 2 unspecified atom stereocenters. The molecule has 0 bridgehead atoms. The van der Waals surface area contributed by atoms with Gasteiger partial charge in [-0.05, 0) is 25.1 Å². The fourth-order valence-corrected chi connectivity index (χ4v) is 2.30. The van der Waals surface area contributed by atoms with E-state index in [2.05, 4.69) is 4.98 Å². The van der Waals surface area contributed by atoms with E-state index in [0.29, 0.717) is 0 Å². The second kappa shape index (κ2) is 9.19. The number of ether oxygens (including phenoxy) is 2. The van der Waals surface area contributed by atoms with Crippen molar-refractivity contribution in [1.82, 2.24) is 9.55 Å². The first-order valence-corrected chi connectivity index (χ1v) is 7.98. The number of hydrogen-bond donors (Lipinski definition) is 2. The SMILES string of the molecule is CC(O[C@H](CO)C(OC(=O)c1ccccc1)C(F)F)n1ccc(N)nc1=O. The molecule has 3 N–H and O–H groups in total. The van der Waals surface area contributed by atoms with Crippen LogP contribution in [0.15, 0.2) is 47.4 Å². The Morgan fingerprint density at radius 1 is 1.30 bits per heavy atom. The first-order chi connectivity index (χ1) is 12.8. The van der Waals surface area contributed by atoms with Crippen LogP contribution in [0.2, 0.25) is 0 Å². The number of alkyl halides is 2. The summed E-state index contributed by atoms with van der Waals surface area (Å²) in [6.45, 7) is 0.530. The van der Waals surface area contributed by atoms with Crippen molar-refractivity contribution in [3.63, 3.8) is 0 Å². The summed E-state index contributed by atoms with van der Waals surface area (Å²) in [5.41, 5.74) is 4.71. The van der Waals surface area contributed by atoms with Gasteiger partial charge in [-0.3, -0.25) is 4.57 Å². The fraction of sp³-hybridized carbons (Fsp3) is 0.353. The number of aromatic nitrogens is 2. The first kappa shape index (κ1) is 20.5. The lowest BCUT2D eigenvalue weighted by Gasteiger charge is -2.28. The van der Waals surface area contributed by atoms with Crippen molar-refractivity contribution in [3.8, 4) is 0 Å². The maximum Gasteiger partial charge on any atom is 0.351 e. The lowest BCUT2D eigenvalue weighted by atomic mass is 10.2. The third-order valence-electron chi connectivity index (χ3n) is 3.66. The molecule has 0 spiro atoms. The van der Waals surface area contributed by atoms with Crippen LogP contribution in [0.25, 0.3) is 0 Å². The summed E-state index contributed by atoms with van der Waals surface area (Å²) >= 11 is 0. The molecule has 0 fully saturated rings. The molecule has 1 heterocycles. The molecule has 0 saturated heterocycles. The normalized spacial score (nSPS) is 14.6. The summed E-state index contributed by atoms with van der Waals surface area (Å²) in [6, 6.07) is 8.90. The van der Waals surface area contributed by atoms with E-state index in [1.807, 2.05) is 0 Å². The Labute approximate surface area is 153 Å². The number of nitrogens with zero attached hydrogens (tertiary/aromatic N) is 2. The minimum absolute atomic E-state index is 0.00981.